The highest BCUT2D eigenvalue weighted by atomic mass is 79.9. The molecule has 0 saturated heterocycles. The van der Waals surface area contributed by atoms with Crippen LogP contribution in [0.15, 0.2) is 40.8 Å². The molecule has 1 unspecified atom stereocenters. The Balaban J connectivity index is 1.91. The van der Waals surface area contributed by atoms with E-state index in [9.17, 15) is 18.0 Å². The second-order valence-corrected chi connectivity index (χ2v) is 6.92. The average Bonchev–Trinajstić information content (AvgIpc) is 3.32. The summed E-state index contributed by atoms with van der Waals surface area (Å²) in [6.45, 7) is 0.195. The van der Waals surface area contributed by atoms with Gasteiger partial charge in [-0.05, 0) is 24.5 Å². The molecule has 1 aromatic carbocycles. The second kappa shape index (κ2) is 6.40. The van der Waals surface area contributed by atoms with Gasteiger partial charge in [0.15, 0.2) is 5.54 Å². The molecule has 1 aromatic rings. The lowest BCUT2D eigenvalue weighted by molar-refractivity contribution is -0.145. The van der Waals surface area contributed by atoms with Gasteiger partial charge >= 0.3 is 0 Å². The summed E-state index contributed by atoms with van der Waals surface area (Å²) in [5.74, 6) is -1.70. The fraction of sp³-hybridized carbons (Fsp3) is 0.438. The molecule has 0 aromatic heterocycles. The van der Waals surface area contributed by atoms with Gasteiger partial charge in [-0.25, -0.2) is 14.2 Å². The van der Waals surface area contributed by atoms with Crippen molar-refractivity contribution in [2.75, 3.05) is 7.05 Å². The van der Waals surface area contributed by atoms with Gasteiger partial charge in [-0.15, -0.1) is 0 Å². The molecule has 0 radical (unpaired) electrons. The summed E-state index contributed by atoms with van der Waals surface area (Å²) >= 11 is 3.41. The lowest BCUT2D eigenvalue weighted by Gasteiger charge is -2.34. The number of benzene rings is 1. The van der Waals surface area contributed by atoms with Gasteiger partial charge in [0.2, 0.25) is 5.95 Å². The molecular formula is C16H17BrF3N3O. The van der Waals surface area contributed by atoms with Crippen LogP contribution in [-0.2, 0) is 11.3 Å². The highest BCUT2D eigenvalue weighted by Crippen LogP contribution is 2.36. The standard InChI is InChI=1S/C16H17BrF3N3O/c1-22-13(18)8-16(21-22,14(19)20)15(24)23(11-6-7-11)9-10-4-2-3-5-12(10)17/h2-5,8,11,14,21H,6-7,9H2,1H3. The Kier molecular flexibility index (Phi) is 4.61. The number of carbonyl (C=O) groups excluding carboxylic acids is 1. The molecular weight excluding hydrogens is 387 g/mol. The van der Waals surface area contributed by atoms with E-state index >= 15 is 0 Å². The summed E-state index contributed by atoms with van der Waals surface area (Å²) in [7, 11) is 1.26. The van der Waals surface area contributed by atoms with Crippen molar-refractivity contribution in [3.05, 3.63) is 46.3 Å². The number of carbonyl (C=O) groups is 1. The van der Waals surface area contributed by atoms with Crippen molar-refractivity contribution in [3.8, 4) is 0 Å². The van der Waals surface area contributed by atoms with Crippen LogP contribution in [-0.4, -0.2) is 40.9 Å². The van der Waals surface area contributed by atoms with Crippen molar-refractivity contribution in [2.24, 2.45) is 0 Å². The SMILES string of the molecule is CN1NC(C(=O)N(Cc2ccccc2Br)C2CC2)(C(F)F)C=C1F. The van der Waals surface area contributed by atoms with Gasteiger partial charge in [0.1, 0.15) is 0 Å². The quantitative estimate of drug-likeness (QED) is 0.766. The summed E-state index contributed by atoms with van der Waals surface area (Å²) in [6, 6.07) is 7.22. The molecule has 24 heavy (non-hydrogen) atoms. The number of halogens is 4. The van der Waals surface area contributed by atoms with Gasteiger partial charge in [-0.2, -0.15) is 4.39 Å². The molecule has 2 aliphatic rings. The zero-order chi connectivity index (χ0) is 17.5. The van der Waals surface area contributed by atoms with Crippen molar-refractivity contribution >= 4 is 21.8 Å². The van der Waals surface area contributed by atoms with Gasteiger partial charge in [0.25, 0.3) is 12.3 Å². The molecule has 1 saturated carbocycles. The number of nitrogens with zero attached hydrogens (tertiary/aromatic N) is 2. The van der Waals surface area contributed by atoms with Crippen LogP contribution >= 0.6 is 15.9 Å². The number of hydrogen-bond donors (Lipinski definition) is 1. The predicted octanol–water partition coefficient (Wildman–Crippen LogP) is 3.20. The van der Waals surface area contributed by atoms with Gasteiger partial charge < -0.3 is 4.90 Å². The molecule has 1 atom stereocenters. The third-order valence-electron chi connectivity index (χ3n) is 4.27. The average molecular weight is 404 g/mol. The van der Waals surface area contributed by atoms with Crippen LogP contribution in [0.2, 0.25) is 0 Å². The van der Waals surface area contributed by atoms with E-state index in [1.807, 2.05) is 24.3 Å². The van der Waals surface area contributed by atoms with Gasteiger partial charge in [-0.3, -0.25) is 9.80 Å². The fourth-order valence-electron chi connectivity index (χ4n) is 2.76. The smallest absolute Gasteiger partial charge is 0.270 e. The largest absolute Gasteiger partial charge is 0.333 e. The first-order chi connectivity index (χ1) is 11.3. The predicted molar refractivity (Wildman–Crippen MR) is 86.5 cm³/mol. The van der Waals surface area contributed by atoms with E-state index in [1.54, 1.807) is 0 Å². The molecule has 1 fully saturated rings. The van der Waals surface area contributed by atoms with Crippen LogP contribution in [0, 0.1) is 0 Å². The Hall–Kier alpha value is -1.54. The van der Waals surface area contributed by atoms with Crippen LogP contribution in [0.3, 0.4) is 0 Å². The van der Waals surface area contributed by atoms with E-state index in [0.717, 1.165) is 27.9 Å². The third-order valence-corrected chi connectivity index (χ3v) is 5.04. The minimum Gasteiger partial charge on any atom is -0.333 e. The van der Waals surface area contributed by atoms with E-state index in [2.05, 4.69) is 21.4 Å². The lowest BCUT2D eigenvalue weighted by Crippen LogP contribution is -2.61. The minimum absolute atomic E-state index is 0.0931. The molecule has 3 rings (SSSR count). The van der Waals surface area contributed by atoms with Gasteiger partial charge in [0.05, 0.1) is 0 Å². The van der Waals surface area contributed by atoms with Crippen molar-refractivity contribution in [1.29, 1.82) is 0 Å². The summed E-state index contributed by atoms with van der Waals surface area (Å²) in [4.78, 5) is 14.3. The van der Waals surface area contributed by atoms with Crippen LogP contribution in [0.5, 0.6) is 0 Å². The molecule has 4 nitrogen and oxygen atoms in total. The van der Waals surface area contributed by atoms with E-state index in [-0.39, 0.29) is 12.6 Å². The van der Waals surface area contributed by atoms with E-state index in [1.165, 1.54) is 11.9 Å². The van der Waals surface area contributed by atoms with E-state index < -0.39 is 23.8 Å². The van der Waals surface area contributed by atoms with Crippen molar-refractivity contribution in [1.82, 2.24) is 15.3 Å². The Labute approximate surface area is 146 Å². The Morgan fingerprint density at radius 1 is 1.46 bits per heavy atom. The fourth-order valence-corrected chi connectivity index (χ4v) is 3.17. The zero-order valence-electron chi connectivity index (χ0n) is 13.0. The Morgan fingerprint density at radius 2 is 2.12 bits per heavy atom. The first kappa shape index (κ1) is 17.3. The number of hydrogen-bond acceptors (Lipinski definition) is 3. The number of hydrazine groups is 1. The molecule has 1 heterocycles. The second-order valence-electron chi connectivity index (χ2n) is 6.06. The molecule has 8 heteroatoms. The molecule has 1 amide bonds. The minimum atomic E-state index is -3.07. The molecule has 1 aliphatic carbocycles. The van der Waals surface area contributed by atoms with E-state index in [4.69, 9.17) is 0 Å². The number of alkyl halides is 2. The van der Waals surface area contributed by atoms with Crippen LogP contribution < -0.4 is 5.43 Å². The summed E-state index contributed by atoms with van der Waals surface area (Å²) in [5, 5.41) is 0.813. The van der Waals surface area contributed by atoms with Crippen molar-refractivity contribution < 1.29 is 18.0 Å². The maximum atomic E-state index is 13.7. The summed E-state index contributed by atoms with van der Waals surface area (Å²) in [6.07, 6.45) is -0.869. The highest BCUT2D eigenvalue weighted by Gasteiger charge is 2.54. The van der Waals surface area contributed by atoms with E-state index in [0.29, 0.717) is 6.08 Å². The highest BCUT2D eigenvalue weighted by molar-refractivity contribution is 9.10. The Morgan fingerprint density at radius 3 is 2.62 bits per heavy atom. The summed E-state index contributed by atoms with van der Waals surface area (Å²) in [5.41, 5.74) is 0.752. The van der Waals surface area contributed by atoms with Gasteiger partial charge in [-0.1, -0.05) is 34.1 Å². The zero-order valence-corrected chi connectivity index (χ0v) is 14.6. The maximum absolute atomic E-state index is 13.7. The molecule has 1 aliphatic heterocycles. The molecule has 0 bridgehead atoms. The molecule has 130 valence electrons. The van der Waals surface area contributed by atoms with Crippen molar-refractivity contribution in [2.45, 2.75) is 37.4 Å². The number of amides is 1. The van der Waals surface area contributed by atoms with Crippen LogP contribution in [0.1, 0.15) is 18.4 Å². The first-order valence-electron chi connectivity index (χ1n) is 7.57. The topological polar surface area (TPSA) is 35.6 Å². The monoisotopic (exact) mass is 403 g/mol. The first-order valence-corrected chi connectivity index (χ1v) is 8.37. The summed E-state index contributed by atoms with van der Waals surface area (Å²) < 4.78 is 41.9. The lowest BCUT2D eigenvalue weighted by atomic mass is 9.99. The van der Waals surface area contributed by atoms with Gasteiger partial charge in [0, 0.05) is 30.2 Å². The number of rotatable bonds is 5. The number of nitrogens with one attached hydrogen (secondary N) is 1. The van der Waals surface area contributed by atoms with Crippen LogP contribution in [0.4, 0.5) is 13.2 Å². The third kappa shape index (κ3) is 3.04. The molecule has 0 spiro atoms. The Bertz CT molecular complexity index is 680. The maximum Gasteiger partial charge on any atom is 0.270 e. The van der Waals surface area contributed by atoms with Crippen molar-refractivity contribution in [3.63, 3.8) is 0 Å². The molecule has 1 N–H and O–H groups in total. The normalized spacial score (nSPS) is 23.6. The van der Waals surface area contributed by atoms with Crippen LogP contribution in [0.25, 0.3) is 0 Å².